The zero-order valence-corrected chi connectivity index (χ0v) is 18.0. The lowest BCUT2D eigenvalue weighted by molar-refractivity contribution is -0.123. The van der Waals surface area contributed by atoms with E-state index in [-0.39, 0.29) is 29.6 Å². The summed E-state index contributed by atoms with van der Waals surface area (Å²) in [4.78, 5) is 29.2. The fourth-order valence-electron chi connectivity index (χ4n) is 4.18. The first-order valence-corrected chi connectivity index (χ1v) is 11.6. The van der Waals surface area contributed by atoms with Gasteiger partial charge in [-0.1, -0.05) is 6.07 Å². The van der Waals surface area contributed by atoms with Crippen LogP contribution in [0.4, 0.5) is 4.39 Å². The SMILES string of the molecule is Cc1ccc(C(=O)NCC2CCC([C@H](NC(=O)C3CC3)c3nccs3)CC2)cc1F. The molecule has 2 aliphatic carbocycles. The van der Waals surface area contributed by atoms with E-state index in [0.29, 0.717) is 29.5 Å². The predicted molar refractivity (Wildman–Crippen MR) is 115 cm³/mol. The lowest BCUT2D eigenvalue weighted by atomic mass is 9.78. The van der Waals surface area contributed by atoms with Crippen molar-refractivity contribution in [2.75, 3.05) is 6.54 Å². The lowest BCUT2D eigenvalue weighted by Gasteiger charge is -2.33. The number of nitrogens with one attached hydrogen (secondary N) is 2. The predicted octanol–water partition coefficient (Wildman–Crippen LogP) is 4.39. The molecule has 1 heterocycles. The number of nitrogens with zero attached hydrogens (tertiary/aromatic N) is 1. The summed E-state index contributed by atoms with van der Waals surface area (Å²) in [5, 5.41) is 9.16. The van der Waals surface area contributed by atoms with Gasteiger partial charge in [0.15, 0.2) is 0 Å². The third-order valence-electron chi connectivity index (χ3n) is 6.31. The third kappa shape index (κ3) is 5.06. The number of hydrogen-bond acceptors (Lipinski definition) is 4. The van der Waals surface area contributed by atoms with Crippen molar-refractivity contribution in [3.05, 3.63) is 51.7 Å². The number of thiazole rings is 1. The highest BCUT2D eigenvalue weighted by molar-refractivity contribution is 7.09. The van der Waals surface area contributed by atoms with E-state index in [2.05, 4.69) is 15.6 Å². The van der Waals surface area contributed by atoms with E-state index in [1.54, 1.807) is 36.6 Å². The Morgan fingerprint density at radius 3 is 2.60 bits per heavy atom. The molecule has 1 aromatic carbocycles. The van der Waals surface area contributed by atoms with Crippen LogP contribution in [0.15, 0.2) is 29.8 Å². The number of benzene rings is 1. The maximum Gasteiger partial charge on any atom is 0.251 e. The molecule has 2 N–H and O–H groups in total. The van der Waals surface area contributed by atoms with Crippen molar-refractivity contribution < 1.29 is 14.0 Å². The Morgan fingerprint density at radius 1 is 1.20 bits per heavy atom. The molecule has 4 rings (SSSR count). The molecule has 0 saturated heterocycles. The van der Waals surface area contributed by atoms with Crippen LogP contribution >= 0.6 is 11.3 Å². The molecule has 30 heavy (non-hydrogen) atoms. The van der Waals surface area contributed by atoms with Gasteiger partial charge in [-0.3, -0.25) is 9.59 Å². The Balaban J connectivity index is 1.29. The van der Waals surface area contributed by atoms with Crippen LogP contribution in [0.2, 0.25) is 0 Å². The minimum Gasteiger partial charge on any atom is -0.352 e. The van der Waals surface area contributed by atoms with Gasteiger partial charge in [-0.15, -0.1) is 11.3 Å². The summed E-state index contributed by atoms with van der Waals surface area (Å²) in [5.41, 5.74) is 0.895. The molecule has 2 fully saturated rings. The Hall–Kier alpha value is -2.28. The molecule has 2 amide bonds. The molecule has 1 atom stereocenters. The summed E-state index contributed by atoms with van der Waals surface area (Å²) < 4.78 is 13.7. The van der Waals surface area contributed by atoms with Gasteiger partial charge in [0.05, 0.1) is 6.04 Å². The summed E-state index contributed by atoms with van der Waals surface area (Å²) >= 11 is 1.60. The molecule has 0 bridgehead atoms. The van der Waals surface area contributed by atoms with Crippen molar-refractivity contribution in [1.82, 2.24) is 15.6 Å². The normalized spacial score (nSPS) is 22.3. The number of amides is 2. The van der Waals surface area contributed by atoms with Crippen LogP contribution in [0, 0.1) is 30.5 Å². The minimum atomic E-state index is -0.357. The second kappa shape index (κ2) is 9.25. The topological polar surface area (TPSA) is 71.1 Å². The molecule has 5 nitrogen and oxygen atoms in total. The fourth-order valence-corrected chi connectivity index (χ4v) is 4.97. The maximum atomic E-state index is 13.7. The first-order chi connectivity index (χ1) is 14.5. The van der Waals surface area contributed by atoms with Gasteiger partial charge >= 0.3 is 0 Å². The van der Waals surface area contributed by atoms with E-state index >= 15 is 0 Å². The van der Waals surface area contributed by atoms with Crippen molar-refractivity contribution in [3.63, 3.8) is 0 Å². The summed E-state index contributed by atoms with van der Waals surface area (Å²) in [6.07, 6.45) is 7.76. The average molecular weight is 430 g/mol. The molecule has 2 aromatic rings. The average Bonchev–Trinajstić information content (AvgIpc) is 3.47. The van der Waals surface area contributed by atoms with E-state index in [1.807, 2.05) is 5.38 Å². The zero-order valence-electron chi connectivity index (χ0n) is 17.2. The zero-order chi connectivity index (χ0) is 21.1. The van der Waals surface area contributed by atoms with Crippen LogP contribution < -0.4 is 10.6 Å². The molecule has 0 radical (unpaired) electrons. The standard InChI is InChI=1S/C23H28FN3O2S/c1-14-2-5-18(12-19(14)24)21(28)26-13-15-3-6-16(7-4-15)20(23-25-10-11-30-23)27-22(29)17-8-9-17/h2,5,10-12,15-17,20H,3-4,6-9,13H2,1H3,(H,26,28)(H,27,29)/t15?,16?,20-/m0/s1. The van der Waals surface area contributed by atoms with Crippen LogP contribution in [-0.4, -0.2) is 23.3 Å². The number of carbonyl (C=O) groups excluding carboxylic acids is 2. The Labute approximate surface area is 180 Å². The van der Waals surface area contributed by atoms with Crippen LogP contribution in [0.1, 0.15) is 65.5 Å². The summed E-state index contributed by atoms with van der Waals surface area (Å²) in [7, 11) is 0. The molecule has 2 saturated carbocycles. The number of hydrogen-bond donors (Lipinski definition) is 2. The highest BCUT2D eigenvalue weighted by Crippen LogP contribution is 2.38. The molecule has 0 unspecified atom stereocenters. The third-order valence-corrected chi connectivity index (χ3v) is 7.17. The number of carbonyl (C=O) groups is 2. The first-order valence-electron chi connectivity index (χ1n) is 10.8. The van der Waals surface area contributed by atoms with Crippen LogP contribution in [0.25, 0.3) is 0 Å². The molecular formula is C23H28FN3O2S. The van der Waals surface area contributed by atoms with E-state index in [1.165, 1.54) is 6.07 Å². The summed E-state index contributed by atoms with van der Waals surface area (Å²) in [5.74, 6) is 0.534. The monoisotopic (exact) mass is 429 g/mol. The smallest absolute Gasteiger partial charge is 0.251 e. The Kier molecular flexibility index (Phi) is 6.46. The minimum absolute atomic E-state index is 0.0100. The number of halogens is 1. The molecule has 2 aliphatic rings. The second-order valence-corrected chi connectivity index (χ2v) is 9.51. The Morgan fingerprint density at radius 2 is 1.97 bits per heavy atom. The van der Waals surface area contributed by atoms with Gasteiger partial charge in [-0.25, -0.2) is 9.37 Å². The molecule has 0 spiro atoms. The highest BCUT2D eigenvalue weighted by atomic mass is 32.1. The Bertz CT molecular complexity index is 890. The van der Waals surface area contributed by atoms with Crippen molar-refractivity contribution in [2.24, 2.45) is 17.8 Å². The van der Waals surface area contributed by atoms with Gasteiger partial charge in [-0.2, -0.15) is 0 Å². The largest absolute Gasteiger partial charge is 0.352 e. The van der Waals surface area contributed by atoms with Crippen molar-refractivity contribution in [1.29, 1.82) is 0 Å². The van der Waals surface area contributed by atoms with Crippen molar-refractivity contribution >= 4 is 23.2 Å². The number of aryl methyl sites for hydroxylation is 1. The lowest BCUT2D eigenvalue weighted by Crippen LogP contribution is -2.37. The summed E-state index contributed by atoms with van der Waals surface area (Å²) in [6, 6.07) is 4.57. The van der Waals surface area contributed by atoms with Crippen LogP contribution in [0.5, 0.6) is 0 Å². The molecule has 160 valence electrons. The molecular weight excluding hydrogens is 401 g/mol. The molecule has 1 aromatic heterocycles. The number of rotatable bonds is 7. The van der Waals surface area contributed by atoms with E-state index in [9.17, 15) is 14.0 Å². The van der Waals surface area contributed by atoms with Crippen molar-refractivity contribution in [3.8, 4) is 0 Å². The quantitative estimate of drug-likeness (QED) is 0.686. The maximum absolute atomic E-state index is 13.7. The van der Waals surface area contributed by atoms with Gasteiger partial charge in [0, 0.05) is 29.6 Å². The van der Waals surface area contributed by atoms with E-state index in [4.69, 9.17) is 0 Å². The summed E-state index contributed by atoms with van der Waals surface area (Å²) in [6.45, 7) is 2.28. The van der Waals surface area contributed by atoms with Crippen LogP contribution in [-0.2, 0) is 4.79 Å². The van der Waals surface area contributed by atoms with Crippen molar-refractivity contribution in [2.45, 2.75) is 51.5 Å². The van der Waals surface area contributed by atoms with Gasteiger partial charge in [-0.05, 0) is 75.0 Å². The second-order valence-electron chi connectivity index (χ2n) is 8.59. The van der Waals surface area contributed by atoms with Gasteiger partial charge in [0.1, 0.15) is 10.8 Å². The molecule has 7 heteroatoms. The van der Waals surface area contributed by atoms with Gasteiger partial charge < -0.3 is 10.6 Å². The van der Waals surface area contributed by atoms with E-state index in [0.717, 1.165) is 43.5 Å². The highest BCUT2D eigenvalue weighted by Gasteiger charge is 2.35. The van der Waals surface area contributed by atoms with E-state index < -0.39 is 0 Å². The molecule has 0 aliphatic heterocycles. The fraction of sp³-hybridized carbons (Fsp3) is 0.522. The van der Waals surface area contributed by atoms with Gasteiger partial charge in [0.2, 0.25) is 5.91 Å². The van der Waals surface area contributed by atoms with Gasteiger partial charge in [0.25, 0.3) is 5.91 Å². The first kappa shape index (κ1) is 21.0. The van der Waals surface area contributed by atoms with Crippen LogP contribution in [0.3, 0.4) is 0 Å². The number of aromatic nitrogens is 1.